The molecule has 1 aliphatic heterocycles. The van der Waals surface area contributed by atoms with Crippen LogP contribution >= 0.6 is 0 Å². The normalized spacial score (nSPS) is 22.9. The number of nitrogens with two attached hydrogens (primary N) is 1. The molecule has 1 rings (SSSR count). The maximum atomic E-state index is 8.73. The van der Waals surface area contributed by atoms with Crippen LogP contribution in [0.1, 0.15) is 26.2 Å². The van der Waals surface area contributed by atoms with Crippen LogP contribution in [0.4, 0.5) is 0 Å². The molecule has 0 saturated carbocycles. The van der Waals surface area contributed by atoms with Crippen molar-refractivity contribution >= 4 is 0 Å². The first-order valence-electron chi connectivity index (χ1n) is 5.60. The fourth-order valence-corrected chi connectivity index (χ4v) is 1.66. The number of hydroxylamine groups is 1. The summed E-state index contributed by atoms with van der Waals surface area (Å²) in [5, 5.41) is 15.4. The Labute approximate surface area is 91.1 Å². The fourth-order valence-electron chi connectivity index (χ4n) is 1.66. The fraction of sp³-hybridized carbons (Fsp3) is 0.800. The molecule has 88 valence electrons. The third kappa shape index (κ3) is 4.07. The topological polar surface area (TPSA) is 82.3 Å². The van der Waals surface area contributed by atoms with Crippen LogP contribution in [-0.4, -0.2) is 30.4 Å². The average Bonchev–Trinajstić information content (AvgIpc) is 2.29. The molecule has 5 nitrogen and oxygen atoms in total. The van der Waals surface area contributed by atoms with Gasteiger partial charge in [0, 0.05) is 12.6 Å². The zero-order valence-corrected chi connectivity index (χ0v) is 9.29. The van der Waals surface area contributed by atoms with Crippen molar-refractivity contribution in [3.05, 3.63) is 11.9 Å². The first-order valence-corrected chi connectivity index (χ1v) is 5.60. The number of rotatable bonds is 6. The molecule has 0 spiro atoms. The summed E-state index contributed by atoms with van der Waals surface area (Å²) in [5.41, 5.74) is 7.79. The van der Waals surface area contributed by atoms with Crippen molar-refractivity contribution in [2.24, 2.45) is 5.73 Å². The maximum absolute atomic E-state index is 8.73. The Kier molecular flexibility index (Phi) is 5.45. The van der Waals surface area contributed by atoms with Crippen LogP contribution in [0.25, 0.3) is 0 Å². The van der Waals surface area contributed by atoms with E-state index in [1.165, 1.54) is 0 Å². The number of hydrogen-bond acceptors (Lipinski definition) is 5. The van der Waals surface area contributed by atoms with Gasteiger partial charge in [0.2, 0.25) is 0 Å². The van der Waals surface area contributed by atoms with Crippen molar-refractivity contribution in [1.82, 2.24) is 16.1 Å². The van der Waals surface area contributed by atoms with Gasteiger partial charge in [-0.05, 0) is 31.9 Å². The van der Waals surface area contributed by atoms with Crippen molar-refractivity contribution in [2.75, 3.05) is 13.1 Å². The molecule has 0 saturated heterocycles. The van der Waals surface area contributed by atoms with Crippen LogP contribution in [0.5, 0.6) is 0 Å². The molecule has 0 aliphatic carbocycles. The van der Waals surface area contributed by atoms with Crippen LogP contribution in [0, 0.1) is 0 Å². The lowest BCUT2D eigenvalue weighted by Gasteiger charge is -2.26. The highest BCUT2D eigenvalue weighted by molar-refractivity contribution is 5.05. The molecule has 0 fully saturated rings. The van der Waals surface area contributed by atoms with E-state index in [-0.39, 0.29) is 6.04 Å². The van der Waals surface area contributed by atoms with E-state index < -0.39 is 0 Å². The molecular weight excluding hydrogens is 192 g/mol. The summed E-state index contributed by atoms with van der Waals surface area (Å²) >= 11 is 0. The van der Waals surface area contributed by atoms with Gasteiger partial charge in [0.25, 0.3) is 0 Å². The van der Waals surface area contributed by atoms with E-state index in [4.69, 9.17) is 10.9 Å². The molecule has 0 amide bonds. The molecule has 0 aromatic carbocycles. The summed E-state index contributed by atoms with van der Waals surface area (Å²) in [6.45, 7) is 3.60. The minimum atomic E-state index is 0.116. The highest BCUT2D eigenvalue weighted by Gasteiger charge is 2.14. The summed E-state index contributed by atoms with van der Waals surface area (Å²) < 4.78 is 0. The number of nitrogens with one attached hydrogen (secondary N) is 3. The monoisotopic (exact) mass is 214 g/mol. The van der Waals surface area contributed by atoms with Crippen LogP contribution in [0.15, 0.2) is 11.9 Å². The molecule has 1 heterocycles. The second-order valence-corrected chi connectivity index (χ2v) is 3.89. The van der Waals surface area contributed by atoms with Crippen LogP contribution in [0.2, 0.25) is 0 Å². The van der Waals surface area contributed by atoms with Gasteiger partial charge in [0.1, 0.15) is 0 Å². The van der Waals surface area contributed by atoms with E-state index in [1.54, 1.807) is 0 Å². The zero-order valence-electron chi connectivity index (χ0n) is 9.29. The van der Waals surface area contributed by atoms with Gasteiger partial charge in [-0.25, -0.2) is 5.48 Å². The summed E-state index contributed by atoms with van der Waals surface area (Å²) in [7, 11) is 0. The molecule has 6 N–H and O–H groups in total. The quantitative estimate of drug-likeness (QED) is 0.398. The van der Waals surface area contributed by atoms with Gasteiger partial charge in [-0.15, -0.1) is 0 Å². The molecule has 2 unspecified atom stereocenters. The standard InChI is InChI=1S/C10H22N4O/c1-2-8(5-6-11)13-10-4-3-9(14-15)7-12-10/h4,8-9,12-15H,2-3,5-7,11H2,1H3. The first-order chi connectivity index (χ1) is 7.30. The third-order valence-electron chi connectivity index (χ3n) is 2.70. The van der Waals surface area contributed by atoms with Crippen molar-refractivity contribution < 1.29 is 5.21 Å². The Bertz CT molecular complexity index is 208. The van der Waals surface area contributed by atoms with E-state index >= 15 is 0 Å². The summed E-state index contributed by atoms with van der Waals surface area (Å²) in [6, 6.07) is 0.553. The van der Waals surface area contributed by atoms with Gasteiger partial charge in [-0.3, -0.25) is 0 Å². The van der Waals surface area contributed by atoms with Gasteiger partial charge in [-0.2, -0.15) is 0 Å². The summed E-state index contributed by atoms with van der Waals surface area (Å²) in [6.07, 6.45) is 4.95. The highest BCUT2D eigenvalue weighted by Crippen LogP contribution is 2.05. The van der Waals surface area contributed by atoms with E-state index in [1.807, 2.05) is 0 Å². The summed E-state index contributed by atoms with van der Waals surface area (Å²) in [4.78, 5) is 0. The second-order valence-electron chi connectivity index (χ2n) is 3.89. The Morgan fingerprint density at radius 1 is 1.73 bits per heavy atom. The van der Waals surface area contributed by atoms with Gasteiger partial charge < -0.3 is 21.6 Å². The Balaban J connectivity index is 2.35. The van der Waals surface area contributed by atoms with E-state index in [2.05, 4.69) is 29.1 Å². The van der Waals surface area contributed by atoms with E-state index in [0.29, 0.717) is 12.6 Å². The Hall–Kier alpha value is -0.780. The lowest BCUT2D eigenvalue weighted by atomic mass is 10.1. The minimum Gasteiger partial charge on any atom is -0.371 e. The largest absolute Gasteiger partial charge is 0.371 e. The molecular formula is C10H22N4O. The molecule has 15 heavy (non-hydrogen) atoms. The maximum Gasteiger partial charge on any atom is 0.0948 e. The Morgan fingerprint density at radius 3 is 3.00 bits per heavy atom. The summed E-state index contributed by atoms with van der Waals surface area (Å²) in [5.74, 6) is 1.06. The van der Waals surface area contributed by atoms with Crippen molar-refractivity contribution in [3.8, 4) is 0 Å². The van der Waals surface area contributed by atoms with Crippen LogP contribution < -0.4 is 21.8 Å². The smallest absolute Gasteiger partial charge is 0.0948 e. The van der Waals surface area contributed by atoms with Crippen molar-refractivity contribution in [2.45, 2.75) is 38.3 Å². The molecule has 0 bridgehead atoms. The van der Waals surface area contributed by atoms with E-state index in [0.717, 1.165) is 31.6 Å². The average molecular weight is 214 g/mol. The SMILES string of the molecule is CCC(CCN)NC1=CCC(NO)CN1. The predicted octanol–water partition coefficient (Wildman–Crippen LogP) is -0.114. The lowest BCUT2D eigenvalue weighted by molar-refractivity contribution is 0.124. The second kappa shape index (κ2) is 6.66. The van der Waals surface area contributed by atoms with Gasteiger partial charge in [-0.1, -0.05) is 6.92 Å². The first kappa shape index (κ1) is 12.3. The van der Waals surface area contributed by atoms with Crippen LogP contribution in [0.3, 0.4) is 0 Å². The zero-order chi connectivity index (χ0) is 11.1. The lowest BCUT2D eigenvalue weighted by Crippen LogP contribution is -2.44. The molecule has 0 aromatic heterocycles. The molecule has 0 radical (unpaired) electrons. The van der Waals surface area contributed by atoms with Gasteiger partial charge >= 0.3 is 0 Å². The highest BCUT2D eigenvalue weighted by atomic mass is 16.5. The van der Waals surface area contributed by atoms with Crippen molar-refractivity contribution in [3.63, 3.8) is 0 Å². The Morgan fingerprint density at radius 2 is 2.53 bits per heavy atom. The predicted molar refractivity (Wildman–Crippen MR) is 60.3 cm³/mol. The van der Waals surface area contributed by atoms with Crippen LogP contribution in [-0.2, 0) is 0 Å². The minimum absolute atomic E-state index is 0.116. The van der Waals surface area contributed by atoms with Gasteiger partial charge in [0.15, 0.2) is 0 Å². The number of hydrogen-bond donors (Lipinski definition) is 5. The van der Waals surface area contributed by atoms with Crippen molar-refractivity contribution in [1.29, 1.82) is 0 Å². The third-order valence-corrected chi connectivity index (χ3v) is 2.70. The molecule has 2 atom stereocenters. The molecule has 1 aliphatic rings. The molecule has 0 aromatic rings. The van der Waals surface area contributed by atoms with E-state index in [9.17, 15) is 0 Å². The van der Waals surface area contributed by atoms with Gasteiger partial charge in [0.05, 0.1) is 11.9 Å². The molecule has 5 heteroatoms.